The molecule has 1 heterocycles. The quantitative estimate of drug-likeness (QED) is 0.600. The first-order valence-electron chi connectivity index (χ1n) is 8.51. The highest BCUT2D eigenvalue weighted by Crippen LogP contribution is 2.25. The third-order valence-electron chi connectivity index (χ3n) is 4.88. The predicted octanol–water partition coefficient (Wildman–Crippen LogP) is 1.94. The summed E-state index contributed by atoms with van der Waals surface area (Å²) in [5.41, 5.74) is 0. The minimum atomic E-state index is -0.845. The van der Waals surface area contributed by atoms with E-state index in [9.17, 15) is 24.0 Å². The highest BCUT2D eigenvalue weighted by Gasteiger charge is 2.42. The van der Waals surface area contributed by atoms with Gasteiger partial charge in [0, 0.05) is 37.0 Å². The van der Waals surface area contributed by atoms with Crippen molar-refractivity contribution in [3.05, 3.63) is 0 Å². The van der Waals surface area contributed by atoms with Crippen molar-refractivity contribution in [2.75, 3.05) is 0 Å². The van der Waals surface area contributed by atoms with Gasteiger partial charge in [-0.3, -0.25) is 28.9 Å². The van der Waals surface area contributed by atoms with Gasteiger partial charge < -0.3 is 0 Å². The Balaban J connectivity index is 2.67. The molecule has 0 aliphatic carbocycles. The van der Waals surface area contributed by atoms with E-state index >= 15 is 0 Å². The molecule has 4 unspecified atom stereocenters. The molecule has 0 aromatic rings. The number of Topliss-reactive ketones (excluding diaryl/α,β-unsaturated/α-hetero) is 3. The molecule has 6 heteroatoms. The summed E-state index contributed by atoms with van der Waals surface area (Å²) in [6, 6.07) is -0.845. The molecule has 24 heavy (non-hydrogen) atoms. The van der Waals surface area contributed by atoms with Crippen molar-refractivity contribution in [3.8, 4) is 0 Å². The van der Waals surface area contributed by atoms with E-state index in [1.54, 1.807) is 13.8 Å². The van der Waals surface area contributed by atoms with Gasteiger partial charge in [-0.1, -0.05) is 20.8 Å². The van der Waals surface area contributed by atoms with E-state index in [-0.39, 0.29) is 60.3 Å². The SMILES string of the molecule is CCC1CC(=O)N(C(C)C(=O)CC(C)C(=O)CC(C)C(C)=O)C1=O. The van der Waals surface area contributed by atoms with Crippen LogP contribution in [-0.4, -0.2) is 40.1 Å². The molecule has 0 N–H and O–H groups in total. The molecule has 2 amide bonds. The van der Waals surface area contributed by atoms with Crippen LogP contribution in [0.4, 0.5) is 0 Å². The number of likely N-dealkylation sites (tertiary alicyclic amines) is 1. The number of ketones is 3. The molecule has 6 nitrogen and oxygen atoms in total. The average Bonchev–Trinajstić information content (AvgIpc) is 2.80. The summed E-state index contributed by atoms with van der Waals surface area (Å²) >= 11 is 0. The maximum Gasteiger partial charge on any atom is 0.233 e. The summed E-state index contributed by atoms with van der Waals surface area (Å²) in [5.74, 6) is -2.37. The second-order valence-electron chi connectivity index (χ2n) is 6.84. The smallest absolute Gasteiger partial charge is 0.233 e. The first-order valence-corrected chi connectivity index (χ1v) is 8.51. The van der Waals surface area contributed by atoms with E-state index in [2.05, 4.69) is 0 Å². The van der Waals surface area contributed by atoms with Crippen LogP contribution in [-0.2, 0) is 24.0 Å². The lowest BCUT2D eigenvalue weighted by molar-refractivity contribution is -0.146. The normalized spacial score (nSPS) is 21.5. The molecule has 0 spiro atoms. The molecule has 4 atom stereocenters. The lowest BCUT2D eigenvalue weighted by Gasteiger charge is -2.23. The molecule has 1 rings (SSSR count). The molecule has 0 saturated carbocycles. The summed E-state index contributed by atoms with van der Waals surface area (Å²) in [6.45, 7) is 8.13. The van der Waals surface area contributed by atoms with Crippen LogP contribution in [0.1, 0.15) is 60.3 Å². The van der Waals surface area contributed by atoms with Crippen molar-refractivity contribution in [3.63, 3.8) is 0 Å². The number of amides is 2. The second-order valence-corrected chi connectivity index (χ2v) is 6.84. The Morgan fingerprint density at radius 1 is 1.04 bits per heavy atom. The Labute approximate surface area is 143 Å². The lowest BCUT2D eigenvalue weighted by atomic mass is 9.90. The molecule has 0 bridgehead atoms. The molecule has 1 aliphatic rings. The fraction of sp³-hybridized carbons (Fsp3) is 0.722. The number of carbonyl (C=O) groups excluding carboxylic acids is 5. The summed E-state index contributed by atoms with van der Waals surface area (Å²) in [7, 11) is 0. The summed E-state index contributed by atoms with van der Waals surface area (Å²) in [6.07, 6.45) is 0.799. The van der Waals surface area contributed by atoms with Crippen molar-refractivity contribution in [1.82, 2.24) is 4.90 Å². The highest BCUT2D eigenvalue weighted by atomic mass is 16.2. The zero-order valence-electron chi connectivity index (χ0n) is 15.1. The molecule has 0 radical (unpaired) electrons. The van der Waals surface area contributed by atoms with Crippen LogP contribution in [0, 0.1) is 17.8 Å². The van der Waals surface area contributed by atoms with E-state index in [1.165, 1.54) is 13.8 Å². The van der Waals surface area contributed by atoms with Gasteiger partial charge in [-0.05, 0) is 20.3 Å². The number of carbonyl (C=O) groups is 5. The molecular formula is C18H27NO5. The van der Waals surface area contributed by atoms with Crippen LogP contribution in [0.3, 0.4) is 0 Å². The van der Waals surface area contributed by atoms with Gasteiger partial charge in [-0.25, -0.2) is 0 Å². The van der Waals surface area contributed by atoms with Gasteiger partial charge in [0.1, 0.15) is 11.6 Å². The zero-order valence-corrected chi connectivity index (χ0v) is 15.1. The summed E-state index contributed by atoms with van der Waals surface area (Å²) in [4.78, 5) is 61.0. The van der Waals surface area contributed by atoms with Gasteiger partial charge in [0.25, 0.3) is 0 Å². The third-order valence-corrected chi connectivity index (χ3v) is 4.88. The van der Waals surface area contributed by atoms with Gasteiger partial charge in [-0.2, -0.15) is 0 Å². The Morgan fingerprint density at radius 2 is 1.58 bits per heavy atom. The predicted molar refractivity (Wildman–Crippen MR) is 88.0 cm³/mol. The molecule has 0 aromatic heterocycles. The maximum absolute atomic E-state index is 12.4. The first kappa shape index (κ1) is 20.2. The van der Waals surface area contributed by atoms with Gasteiger partial charge in [-0.15, -0.1) is 0 Å². The van der Waals surface area contributed by atoms with Crippen molar-refractivity contribution >= 4 is 29.2 Å². The minimum absolute atomic E-state index is 0.0293. The van der Waals surface area contributed by atoms with Crippen molar-refractivity contribution in [1.29, 1.82) is 0 Å². The Bertz CT molecular complexity index is 554. The number of imide groups is 1. The van der Waals surface area contributed by atoms with E-state index in [0.717, 1.165) is 4.90 Å². The zero-order chi connectivity index (χ0) is 18.6. The van der Waals surface area contributed by atoms with Crippen LogP contribution >= 0.6 is 0 Å². The largest absolute Gasteiger partial charge is 0.300 e. The van der Waals surface area contributed by atoms with Gasteiger partial charge in [0.2, 0.25) is 11.8 Å². The molecule has 1 saturated heterocycles. The molecular weight excluding hydrogens is 310 g/mol. The average molecular weight is 337 g/mol. The fourth-order valence-electron chi connectivity index (χ4n) is 2.82. The van der Waals surface area contributed by atoms with Crippen LogP contribution in [0.25, 0.3) is 0 Å². The number of hydrogen-bond donors (Lipinski definition) is 0. The van der Waals surface area contributed by atoms with Crippen molar-refractivity contribution in [2.24, 2.45) is 17.8 Å². The first-order chi connectivity index (χ1) is 11.1. The monoisotopic (exact) mass is 337 g/mol. The standard InChI is InChI=1S/C18H27NO5/c1-6-14-9-17(23)19(18(14)24)12(4)16(22)8-11(3)15(21)7-10(2)13(5)20/h10-12,14H,6-9H2,1-5H3. The van der Waals surface area contributed by atoms with E-state index in [0.29, 0.717) is 6.42 Å². The number of nitrogens with zero attached hydrogens (tertiary/aromatic N) is 1. The van der Waals surface area contributed by atoms with Crippen LogP contribution in [0.5, 0.6) is 0 Å². The van der Waals surface area contributed by atoms with Crippen molar-refractivity contribution < 1.29 is 24.0 Å². The highest BCUT2D eigenvalue weighted by molar-refractivity contribution is 6.07. The molecule has 1 aliphatic heterocycles. The summed E-state index contributed by atoms with van der Waals surface area (Å²) in [5, 5.41) is 0. The number of rotatable bonds is 9. The molecule has 1 fully saturated rings. The lowest BCUT2D eigenvalue weighted by Crippen LogP contribution is -2.44. The van der Waals surface area contributed by atoms with E-state index in [1.807, 2.05) is 6.92 Å². The molecule has 0 aromatic carbocycles. The Morgan fingerprint density at radius 3 is 2.04 bits per heavy atom. The van der Waals surface area contributed by atoms with Crippen LogP contribution < -0.4 is 0 Å². The molecule has 134 valence electrons. The van der Waals surface area contributed by atoms with Crippen molar-refractivity contribution in [2.45, 2.75) is 66.3 Å². The van der Waals surface area contributed by atoms with Crippen LogP contribution in [0.2, 0.25) is 0 Å². The Hall–Kier alpha value is -1.85. The number of hydrogen-bond acceptors (Lipinski definition) is 5. The van der Waals surface area contributed by atoms with Gasteiger partial charge >= 0.3 is 0 Å². The van der Waals surface area contributed by atoms with Gasteiger partial charge in [0.05, 0.1) is 6.04 Å². The fourth-order valence-corrected chi connectivity index (χ4v) is 2.82. The Kier molecular flexibility index (Phi) is 6.99. The van der Waals surface area contributed by atoms with Crippen LogP contribution in [0.15, 0.2) is 0 Å². The van der Waals surface area contributed by atoms with E-state index < -0.39 is 12.0 Å². The maximum atomic E-state index is 12.4. The summed E-state index contributed by atoms with van der Waals surface area (Å²) < 4.78 is 0. The van der Waals surface area contributed by atoms with Gasteiger partial charge in [0.15, 0.2) is 5.78 Å². The third kappa shape index (κ3) is 4.58. The minimum Gasteiger partial charge on any atom is -0.300 e. The topological polar surface area (TPSA) is 88.6 Å². The van der Waals surface area contributed by atoms with E-state index in [4.69, 9.17) is 0 Å². The second kappa shape index (κ2) is 8.31.